The smallest absolute Gasteiger partial charge is 0.277 e. The Labute approximate surface area is 235 Å². The van der Waals surface area contributed by atoms with Crippen LogP contribution in [0.5, 0.6) is 5.75 Å². The molecule has 40 heavy (non-hydrogen) atoms. The molecule has 0 amide bonds. The fourth-order valence-electron chi connectivity index (χ4n) is 5.83. The van der Waals surface area contributed by atoms with E-state index in [2.05, 4.69) is 21.9 Å². The first-order chi connectivity index (χ1) is 19.7. The number of carbonyl (C=O) groups is 1. The van der Waals surface area contributed by atoms with Crippen molar-refractivity contribution in [3.8, 4) is 11.4 Å². The van der Waals surface area contributed by atoms with Gasteiger partial charge in [-0.3, -0.25) is 14.7 Å². The molecule has 2 aromatic heterocycles. The normalized spacial score (nSPS) is 18.1. The summed E-state index contributed by atoms with van der Waals surface area (Å²) in [6.45, 7) is 0.433. The number of fused-ring (bicyclic) bond motifs is 1. The van der Waals surface area contributed by atoms with Crippen LogP contribution in [0.2, 0.25) is 0 Å². The number of Topliss-reactive ketones (excluding diaryl/α,β-unsaturated/α-hetero) is 1. The maximum atomic E-state index is 14.0. The summed E-state index contributed by atoms with van der Waals surface area (Å²) in [6.07, 6.45) is 1.13. The number of ether oxygens (including phenoxy) is 1. The lowest BCUT2D eigenvalue weighted by molar-refractivity contribution is -0.116. The standard InChI is InChI=1S/C33H27N3O3S/c37-27-19-23(28-15-8-16-40-28)18-26-30(27)29(22-11-7-14-25(17-22)39-20-21-9-3-1-4-10-21)31-32(34-26)35-36(33(31)38)24-12-5-2-6-13-24/h1-17,23,29,34-35H,18-20H2. The Kier molecular flexibility index (Phi) is 6.21. The second kappa shape index (κ2) is 10.2. The molecule has 2 unspecified atom stereocenters. The third kappa shape index (κ3) is 4.38. The van der Waals surface area contributed by atoms with Gasteiger partial charge in [0.25, 0.3) is 5.56 Å². The van der Waals surface area contributed by atoms with E-state index in [4.69, 9.17) is 4.74 Å². The average Bonchev–Trinajstić information content (AvgIpc) is 3.65. The van der Waals surface area contributed by atoms with E-state index in [1.165, 1.54) is 4.88 Å². The highest BCUT2D eigenvalue weighted by atomic mass is 32.1. The predicted molar refractivity (Wildman–Crippen MR) is 157 cm³/mol. The minimum atomic E-state index is -0.503. The van der Waals surface area contributed by atoms with Crippen LogP contribution in [0.25, 0.3) is 5.69 Å². The number of anilines is 1. The predicted octanol–water partition coefficient (Wildman–Crippen LogP) is 6.76. The number of rotatable bonds is 6. The van der Waals surface area contributed by atoms with Crippen molar-refractivity contribution in [2.45, 2.75) is 31.3 Å². The number of aromatic amines is 1. The topological polar surface area (TPSA) is 76.1 Å². The van der Waals surface area contributed by atoms with Crippen LogP contribution in [0.1, 0.15) is 46.2 Å². The van der Waals surface area contributed by atoms with Gasteiger partial charge in [-0.05, 0) is 53.3 Å². The van der Waals surface area contributed by atoms with E-state index in [0.29, 0.717) is 42.2 Å². The lowest BCUT2D eigenvalue weighted by atomic mass is 9.74. The second-order valence-electron chi connectivity index (χ2n) is 10.2. The Morgan fingerprint density at radius 1 is 0.875 bits per heavy atom. The van der Waals surface area contributed by atoms with Crippen LogP contribution in [-0.2, 0) is 11.4 Å². The van der Waals surface area contributed by atoms with Gasteiger partial charge in [0.2, 0.25) is 0 Å². The summed E-state index contributed by atoms with van der Waals surface area (Å²) < 4.78 is 7.69. The number of thiophene rings is 1. The molecule has 0 radical (unpaired) electrons. The first-order valence-corrected chi connectivity index (χ1v) is 14.3. The number of hydrogen-bond donors (Lipinski definition) is 2. The van der Waals surface area contributed by atoms with Gasteiger partial charge in [-0.25, -0.2) is 4.68 Å². The monoisotopic (exact) mass is 545 g/mol. The minimum absolute atomic E-state index is 0.0743. The number of ketones is 1. The first kappa shape index (κ1) is 24.4. The van der Waals surface area contributed by atoms with E-state index >= 15 is 0 Å². The summed E-state index contributed by atoms with van der Waals surface area (Å²) >= 11 is 1.68. The summed E-state index contributed by atoms with van der Waals surface area (Å²) in [5, 5.41) is 8.82. The quantitative estimate of drug-likeness (QED) is 0.247. The molecule has 0 fully saturated rings. The Balaban J connectivity index is 1.32. The molecule has 5 aromatic rings. The highest BCUT2D eigenvalue weighted by molar-refractivity contribution is 7.10. The van der Waals surface area contributed by atoms with Crippen LogP contribution in [0.3, 0.4) is 0 Å². The van der Waals surface area contributed by atoms with Crippen LogP contribution >= 0.6 is 11.3 Å². The maximum absolute atomic E-state index is 14.0. The molecule has 7 heteroatoms. The van der Waals surface area contributed by atoms with Crippen molar-refractivity contribution in [3.63, 3.8) is 0 Å². The Bertz CT molecular complexity index is 1770. The van der Waals surface area contributed by atoms with Crippen molar-refractivity contribution in [2.24, 2.45) is 0 Å². The number of nitrogens with one attached hydrogen (secondary N) is 2. The second-order valence-corrected chi connectivity index (χ2v) is 11.2. The lowest BCUT2D eigenvalue weighted by Gasteiger charge is -2.34. The van der Waals surface area contributed by atoms with Gasteiger partial charge in [0.1, 0.15) is 18.2 Å². The highest BCUT2D eigenvalue weighted by Crippen LogP contribution is 2.47. The number of allylic oxidation sites excluding steroid dienone is 2. The zero-order valence-corrected chi connectivity index (χ0v) is 22.5. The molecule has 0 saturated heterocycles. The molecule has 2 N–H and O–H groups in total. The van der Waals surface area contributed by atoms with Gasteiger partial charge in [0, 0.05) is 34.4 Å². The number of carbonyl (C=O) groups excluding carboxylic acids is 1. The van der Waals surface area contributed by atoms with Crippen LogP contribution in [0.4, 0.5) is 5.82 Å². The summed E-state index contributed by atoms with van der Waals surface area (Å²) in [5.74, 6) is 1.02. The minimum Gasteiger partial charge on any atom is -0.489 e. The van der Waals surface area contributed by atoms with Crippen molar-refractivity contribution in [3.05, 3.63) is 146 Å². The molecule has 0 saturated carbocycles. The van der Waals surface area contributed by atoms with Gasteiger partial charge >= 0.3 is 0 Å². The first-order valence-electron chi connectivity index (χ1n) is 13.4. The summed E-state index contributed by atoms with van der Waals surface area (Å²) in [7, 11) is 0. The third-order valence-corrected chi connectivity index (χ3v) is 8.72. The van der Waals surface area contributed by atoms with Crippen molar-refractivity contribution >= 4 is 22.9 Å². The summed E-state index contributed by atoms with van der Waals surface area (Å²) in [6, 6.07) is 31.4. The van der Waals surface area contributed by atoms with Crippen molar-refractivity contribution in [1.29, 1.82) is 0 Å². The fraction of sp³-hybridized carbons (Fsp3) is 0.152. The van der Waals surface area contributed by atoms with E-state index in [1.807, 2.05) is 91.0 Å². The molecule has 2 aliphatic rings. The fourth-order valence-corrected chi connectivity index (χ4v) is 6.66. The summed E-state index contributed by atoms with van der Waals surface area (Å²) in [4.78, 5) is 29.0. The maximum Gasteiger partial charge on any atom is 0.277 e. The largest absolute Gasteiger partial charge is 0.489 e. The van der Waals surface area contributed by atoms with Gasteiger partial charge in [-0.2, -0.15) is 0 Å². The molecule has 6 nitrogen and oxygen atoms in total. The van der Waals surface area contributed by atoms with Crippen molar-refractivity contribution in [2.75, 3.05) is 5.32 Å². The zero-order valence-electron chi connectivity index (χ0n) is 21.7. The van der Waals surface area contributed by atoms with E-state index < -0.39 is 5.92 Å². The van der Waals surface area contributed by atoms with Gasteiger partial charge in [-0.1, -0.05) is 66.7 Å². The highest BCUT2D eigenvalue weighted by Gasteiger charge is 2.41. The molecular formula is C33H27N3O3S. The van der Waals surface area contributed by atoms with E-state index in [1.54, 1.807) is 16.0 Å². The number of H-pyrrole nitrogens is 1. The van der Waals surface area contributed by atoms with Gasteiger partial charge in [0.15, 0.2) is 5.78 Å². The number of aromatic nitrogens is 2. The lowest BCUT2D eigenvalue weighted by Crippen LogP contribution is -2.31. The molecule has 0 spiro atoms. The SMILES string of the molecule is O=C1CC(c2cccs2)CC2=C1C(c1cccc(OCc3ccccc3)c1)c1c([nH]n(-c3ccccc3)c1=O)N2. The molecule has 0 bridgehead atoms. The molecule has 1 aliphatic heterocycles. The van der Waals surface area contributed by atoms with E-state index in [-0.39, 0.29) is 17.3 Å². The molecule has 1 aliphatic carbocycles. The Morgan fingerprint density at radius 3 is 2.45 bits per heavy atom. The van der Waals surface area contributed by atoms with Gasteiger partial charge < -0.3 is 10.1 Å². The number of para-hydroxylation sites is 1. The third-order valence-electron chi connectivity index (χ3n) is 7.69. The Morgan fingerprint density at radius 2 is 1.68 bits per heavy atom. The molecular weight excluding hydrogens is 518 g/mol. The van der Waals surface area contributed by atoms with Crippen molar-refractivity contribution in [1.82, 2.24) is 9.78 Å². The average molecular weight is 546 g/mol. The van der Waals surface area contributed by atoms with Crippen LogP contribution < -0.4 is 15.6 Å². The van der Waals surface area contributed by atoms with Gasteiger partial charge in [-0.15, -0.1) is 11.3 Å². The Hall–Kier alpha value is -4.62. The van der Waals surface area contributed by atoms with Crippen LogP contribution in [-0.4, -0.2) is 15.6 Å². The van der Waals surface area contributed by atoms with E-state index in [0.717, 1.165) is 22.5 Å². The van der Waals surface area contributed by atoms with Crippen LogP contribution in [0, 0.1) is 0 Å². The van der Waals surface area contributed by atoms with Crippen LogP contribution in [0.15, 0.2) is 119 Å². The van der Waals surface area contributed by atoms with Crippen molar-refractivity contribution < 1.29 is 9.53 Å². The molecule has 7 rings (SSSR count). The number of nitrogens with zero attached hydrogens (tertiary/aromatic N) is 1. The zero-order chi connectivity index (χ0) is 27.1. The number of hydrogen-bond acceptors (Lipinski definition) is 5. The summed E-state index contributed by atoms with van der Waals surface area (Å²) in [5.41, 5.74) is 4.60. The molecule has 198 valence electrons. The van der Waals surface area contributed by atoms with Gasteiger partial charge in [0.05, 0.1) is 11.3 Å². The molecule has 2 atom stereocenters. The van der Waals surface area contributed by atoms with E-state index in [9.17, 15) is 9.59 Å². The number of benzene rings is 3. The molecule has 3 heterocycles. The molecule has 3 aromatic carbocycles.